The molecule has 1 aliphatic heterocycles. The Morgan fingerprint density at radius 3 is 1.62 bits per heavy atom. The Bertz CT molecular complexity index is 282. The van der Waals surface area contributed by atoms with Crippen molar-refractivity contribution >= 4 is 7.25 Å². The van der Waals surface area contributed by atoms with E-state index >= 15 is 0 Å². The fourth-order valence-corrected chi connectivity index (χ4v) is 2.61. The fourth-order valence-electron chi connectivity index (χ4n) is 2.61. The summed E-state index contributed by atoms with van der Waals surface area (Å²) in [4.78, 5) is 0. The molecule has 128 valence electrons. The van der Waals surface area contributed by atoms with Crippen LogP contribution in [0.3, 0.4) is 0 Å². The van der Waals surface area contributed by atoms with Crippen LogP contribution in [0.5, 0.6) is 0 Å². The van der Waals surface area contributed by atoms with E-state index in [1.807, 2.05) is 6.92 Å². The first-order valence-corrected chi connectivity index (χ1v) is 7.01. The number of ether oxygens (including phenoxy) is 3. The van der Waals surface area contributed by atoms with Crippen molar-refractivity contribution in [1.82, 2.24) is 0 Å². The molecule has 0 amide bonds. The minimum atomic E-state index is -6.00. The molecule has 0 radical (unpaired) electrons. The minimum Gasteiger partial charge on any atom is -0.418 e. The zero-order chi connectivity index (χ0) is 16.7. The van der Waals surface area contributed by atoms with Gasteiger partial charge in [0.2, 0.25) is 0 Å². The van der Waals surface area contributed by atoms with E-state index in [1.54, 1.807) is 14.2 Å². The number of rotatable bonds is 6. The lowest BCUT2D eigenvalue weighted by Crippen LogP contribution is -2.59. The summed E-state index contributed by atoms with van der Waals surface area (Å²) in [7, 11) is -2.55. The summed E-state index contributed by atoms with van der Waals surface area (Å²) in [6.45, 7) is 8.44. The Hall–Kier alpha value is -0.375. The largest absolute Gasteiger partial charge is 0.673 e. The van der Waals surface area contributed by atoms with E-state index in [0.717, 1.165) is 17.6 Å². The molecular weight excluding hydrogens is 293 g/mol. The average Bonchev–Trinajstić information content (AvgIpc) is 2.86. The predicted octanol–water partition coefficient (Wildman–Crippen LogP) is 3.24. The molecule has 21 heavy (non-hydrogen) atoms. The monoisotopic (exact) mass is 319 g/mol. The van der Waals surface area contributed by atoms with Crippen molar-refractivity contribution in [2.75, 3.05) is 27.3 Å². The lowest BCUT2D eigenvalue weighted by Gasteiger charge is -2.43. The number of hydrogen-bond donors (Lipinski definition) is 0. The van der Waals surface area contributed by atoms with Gasteiger partial charge in [-0.2, -0.15) is 0 Å². The molecule has 4 nitrogen and oxygen atoms in total. The second kappa shape index (κ2) is 8.92. The Morgan fingerprint density at radius 1 is 0.857 bits per heavy atom. The van der Waals surface area contributed by atoms with Gasteiger partial charge in [-0.25, -0.2) is 0 Å². The van der Waals surface area contributed by atoms with Crippen molar-refractivity contribution < 1.29 is 36.0 Å². The van der Waals surface area contributed by atoms with Gasteiger partial charge >= 0.3 is 7.25 Å². The second-order valence-corrected chi connectivity index (χ2v) is 5.13. The number of hydrogen-bond acceptors (Lipinski definition) is 3. The van der Waals surface area contributed by atoms with Crippen molar-refractivity contribution in [2.45, 2.75) is 52.4 Å². The predicted molar refractivity (Wildman–Crippen MR) is 72.9 cm³/mol. The third-order valence-corrected chi connectivity index (χ3v) is 3.91. The SMILES string of the molecule is COC(C)OC(C)[N+]1(C(C)OC)CCCC1.F[B-](F)(F)F. The van der Waals surface area contributed by atoms with Crippen LogP contribution < -0.4 is 0 Å². The zero-order valence-corrected chi connectivity index (χ0v) is 13.3. The summed E-state index contributed by atoms with van der Waals surface area (Å²) in [6.07, 6.45) is 2.65. The first kappa shape index (κ1) is 20.6. The van der Waals surface area contributed by atoms with E-state index in [0.29, 0.717) is 0 Å². The molecule has 9 heteroatoms. The lowest BCUT2D eigenvalue weighted by molar-refractivity contribution is -0.999. The summed E-state index contributed by atoms with van der Waals surface area (Å²) in [6, 6.07) is 0. The molecule has 0 saturated carbocycles. The van der Waals surface area contributed by atoms with Gasteiger partial charge in [0.15, 0.2) is 18.7 Å². The van der Waals surface area contributed by atoms with Crippen molar-refractivity contribution in [2.24, 2.45) is 0 Å². The Morgan fingerprint density at radius 2 is 1.29 bits per heavy atom. The highest BCUT2D eigenvalue weighted by Crippen LogP contribution is 2.29. The molecular formula is C12H26BF4NO3. The van der Waals surface area contributed by atoms with Gasteiger partial charge in [0, 0.05) is 40.9 Å². The second-order valence-electron chi connectivity index (χ2n) is 5.13. The van der Waals surface area contributed by atoms with Crippen molar-refractivity contribution in [1.29, 1.82) is 0 Å². The molecule has 1 saturated heterocycles. The molecule has 1 rings (SSSR count). The van der Waals surface area contributed by atoms with E-state index in [9.17, 15) is 17.3 Å². The molecule has 0 aromatic carbocycles. The highest BCUT2D eigenvalue weighted by atomic mass is 19.5. The topological polar surface area (TPSA) is 27.7 Å². The van der Waals surface area contributed by atoms with E-state index in [-0.39, 0.29) is 18.7 Å². The van der Waals surface area contributed by atoms with Gasteiger partial charge in [0.25, 0.3) is 0 Å². The summed E-state index contributed by atoms with van der Waals surface area (Å²) >= 11 is 0. The zero-order valence-electron chi connectivity index (χ0n) is 13.3. The van der Waals surface area contributed by atoms with Crippen LogP contribution in [0.2, 0.25) is 0 Å². The van der Waals surface area contributed by atoms with E-state index < -0.39 is 7.25 Å². The molecule has 0 aliphatic carbocycles. The van der Waals surface area contributed by atoms with E-state index in [1.165, 1.54) is 12.8 Å². The van der Waals surface area contributed by atoms with Crippen molar-refractivity contribution in [3.8, 4) is 0 Å². The summed E-state index contributed by atoms with van der Waals surface area (Å²) < 4.78 is 56.5. The third-order valence-electron chi connectivity index (χ3n) is 3.91. The number of likely N-dealkylation sites (tertiary alicyclic amines) is 1. The molecule has 0 bridgehead atoms. The number of halogens is 4. The fraction of sp³-hybridized carbons (Fsp3) is 1.00. The van der Waals surface area contributed by atoms with E-state index in [2.05, 4.69) is 13.8 Å². The van der Waals surface area contributed by atoms with Crippen LogP contribution >= 0.6 is 0 Å². The van der Waals surface area contributed by atoms with Crippen LogP contribution in [0, 0.1) is 0 Å². The van der Waals surface area contributed by atoms with Gasteiger partial charge in [0.1, 0.15) is 0 Å². The van der Waals surface area contributed by atoms with Crippen LogP contribution in [0.4, 0.5) is 17.3 Å². The standard InChI is InChI=1S/C12H26NO3.BF4/c1-10(14-4)13(8-6-7-9-13)11(2)16-12(3)15-5;2-1(3,4)5/h10-12H,6-9H2,1-5H3;/q+1;-1. The van der Waals surface area contributed by atoms with E-state index in [4.69, 9.17) is 14.2 Å². The van der Waals surface area contributed by atoms with Gasteiger partial charge in [-0.1, -0.05) is 0 Å². The van der Waals surface area contributed by atoms with Crippen LogP contribution in [0.15, 0.2) is 0 Å². The Kier molecular flexibility index (Phi) is 8.76. The number of quaternary nitrogens is 1. The van der Waals surface area contributed by atoms with Crippen LogP contribution in [0.1, 0.15) is 33.6 Å². The molecule has 1 fully saturated rings. The molecule has 0 aromatic rings. The maximum atomic E-state index is 9.75. The molecule has 0 spiro atoms. The third kappa shape index (κ3) is 7.44. The summed E-state index contributed by atoms with van der Waals surface area (Å²) in [5.41, 5.74) is 0. The molecule has 3 unspecified atom stereocenters. The summed E-state index contributed by atoms with van der Waals surface area (Å²) in [5, 5.41) is 0. The normalized spacial score (nSPS) is 22.1. The lowest BCUT2D eigenvalue weighted by atomic mass is 10.3. The van der Waals surface area contributed by atoms with Gasteiger partial charge < -0.3 is 31.5 Å². The average molecular weight is 319 g/mol. The van der Waals surface area contributed by atoms with Crippen molar-refractivity contribution in [3.63, 3.8) is 0 Å². The number of methoxy groups -OCH3 is 2. The Balaban J connectivity index is 0.000000690. The maximum Gasteiger partial charge on any atom is 0.673 e. The summed E-state index contributed by atoms with van der Waals surface area (Å²) in [5.74, 6) is 0. The molecule has 1 heterocycles. The van der Waals surface area contributed by atoms with Crippen LogP contribution in [-0.2, 0) is 14.2 Å². The Labute approximate surface area is 124 Å². The molecule has 0 N–H and O–H groups in total. The van der Waals surface area contributed by atoms with Gasteiger partial charge in [-0.15, -0.1) is 0 Å². The highest BCUT2D eigenvalue weighted by molar-refractivity contribution is 6.50. The first-order chi connectivity index (χ1) is 9.56. The first-order valence-electron chi connectivity index (χ1n) is 7.01. The van der Waals surface area contributed by atoms with Crippen molar-refractivity contribution in [3.05, 3.63) is 0 Å². The molecule has 1 aliphatic rings. The quantitative estimate of drug-likeness (QED) is 0.326. The molecule has 0 aromatic heterocycles. The van der Waals surface area contributed by atoms with Gasteiger partial charge in [0.05, 0.1) is 13.1 Å². The maximum absolute atomic E-state index is 9.75. The smallest absolute Gasteiger partial charge is 0.418 e. The van der Waals surface area contributed by atoms with Crippen LogP contribution in [-0.4, -0.2) is 57.8 Å². The highest BCUT2D eigenvalue weighted by Gasteiger charge is 2.43. The minimum absolute atomic E-state index is 0.118. The number of nitrogens with zero attached hydrogens (tertiary/aromatic N) is 1. The van der Waals surface area contributed by atoms with Gasteiger partial charge in [-0.3, -0.25) is 4.48 Å². The van der Waals surface area contributed by atoms with Crippen LogP contribution in [0.25, 0.3) is 0 Å². The molecule has 3 atom stereocenters. The van der Waals surface area contributed by atoms with Gasteiger partial charge in [-0.05, 0) is 6.92 Å².